The van der Waals surface area contributed by atoms with Crippen LogP contribution in [0.25, 0.3) is 0 Å². The highest BCUT2D eigenvalue weighted by Crippen LogP contribution is 1.93. The first kappa shape index (κ1) is 9.78. The van der Waals surface area contributed by atoms with Gasteiger partial charge in [-0.15, -0.1) is 0 Å². The standard InChI is InChI=1S/C6H12F2O2/c1-5(7)9-3-4-10-6(2)8/h5-6H,3-4H2,1-2H3. The summed E-state index contributed by atoms with van der Waals surface area (Å²) in [5, 5.41) is 0. The molecule has 0 saturated heterocycles. The molecular formula is C6H12F2O2. The Bertz CT molecular complexity index is 66.1. The Hall–Kier alpha value is -0.220. The molecule has 0 saturated carbocycles. The summed E-state index contributed by atoms with van der Waals surface area (Å²) in [6, 6.07) is 0. The van der Waals surface area contributed by atoms with E-state index in [4.69, 9.17) is 0 Å². The molecule has 0 fully saturated rings. The van der Waals surface area contributed by atoms with Crippen molar-refractivity contribution < 1.29 is 18.3 Å². The quantitative estimate of drug-likeness (QED) is 0.560. The SMILES string of the molecule is CC(F)OCCOC(C)F. The van der Waals surface area contributed by atoms with Crippen LogP contribution >= 0.6 is 0 Å². The third-order valence-corrected chi connectivity index (χ3v) is 0.778. The van der Waals surface area contributed by atoms with Crippen LogP contribution in [0.4, 0.5) is 8.78 Å². The van der Waals surface area contributed by atoms with Crippen molar-refractivity contribution in [2.24, 2.45) is 0 Å². The molecule has 0 spiro atoms. The minimum absolute atomic E-state index is 0.0892. The van der Waals surface area contributed by atoms with Gasteiger partial charge in [-0.2, -0.15) is 0 Å². The first-order valence-electron chi connectivity index (χ1n) is 3.14. The van der Waals surface area contributed by atoms with E-state index in [-0.39, 0.29) is 13.2 Å². The molecule has 0 aromatic carbocycles. The second-order valence-electron chi connectivity index (χ2n) is 1.83. The molecule has 0 aromatic heterocycles. The summed E-state index contributed by atoms with van der Waals surface area (Å²) in [5.41, 5.74) is 0. The summed E-state index contributed by atoms with van der Waals surface area (Å²) >= 11 is 0. The molecule has 2 atom stereocenters. The lowest BCUT2D eigenvalue weighted by atomic mass is 10.7. The molecule has 0 amide bonds. The average Bonchev–Trinajstić information content (AvgIpc) is 1.79. The van der Waals surface area contributed by atoms with Crippen LogP contribution in [-0.4, -0.2) is 25.9 Å². The minimum Gasteiger partial charge on any atom is -0.346 e. The minimum atomic E-state index is -1.31. The van der Waals surface area contributed by atoms with Crippen LogP contribution in [0.1, 0.15) is 13.8 Å². The lowest BCUT2D eigenvalue weighted by molar-refractivity contribution is -0.0854. The van der Waals surface area contributed by atoms with Crippen LogP contribution in [-0.2, 0) is 9.47 Å². The van der Waals surface area contributed by atoms with Gasteiger partial charge in [0.25, 0.3) is 0 Å². The zero-order valence-corrected chi connectivity index (χ0v) is 6.14. The van der Waals surface area contributed by atoms with Gasteiger partial charge in [-0.05, 0) is 13.8 Å². The van der Waals surface area contributed by atoms with E-state index in [1.165, 1.54) is 13.8 Å². The van der Waals surface area contributed by atoms with Gasteiger partial charge >= 0.3 is 0 Å². The fraction of sp³-hybridized carbons (Fsp3) is 1.00. The summed E-state index contributed by atoms with van der Waals surface area (Å²) in [6.07, 6.45) is -2.61. The summed E-state index contributed by atoms with van der Waals surface area (Å²) in [6.45, 7) is 2.70. The molecule has 0 aliphatic carbocycles. The number of alkyl halides is 2. The topological polar surface area (TPSA) is 18.5 Å². The lowest BCUT2D eigenvalue weighted by Crippen LogP contribution is -2.11. The second-order valence-corrected chi connectivity index (χ2v) is 1.83. The Morgan fingerprint density at radius 3 is 1.50 bits per heavy atom. The number of hydrogen-bond donors (Lipinski definition) is 0. The van der Waals surface area contributed by atoms with E-state index in [1.807, 2.05) is 0 Å². The summed E-state index contributed by atoms with van der Waals surface area (Å²) < 4.78 is 32.6. The Balaban J connectivity index is 2.91. The van der Waals surface area contributed by atoms with E-state index in [1.54, 1.807) is 0 Å². The fourth-order valence-electron chi connectivity index (χ4n) is 0.421. The van der Waals surface area contributed by atoms with Crippen molar-refractivity contribution in [3.05, 3.63) is 0 Å². The van der Waals surface area contributed by atoms with Crippen LogP contribution in [0.3, 0.4) is 0 Å². The molecule has 62 valence electrons. The van der Waals surface area contributed by atoms with Gasteiger partial charge in [-0.25, -0.2) is 8.78 Å². The van der Waals surface area contributed by atoms with Gasteiger partial charge in [0, 0.05) is 0 Å². The molecule has 0 aromatic rings. The zero-order valence-electron chi connectivity index (χ0n) is 6.14. The molecule has 2 unspecified atom stereocenters. The Morgan fingerprint density at radius 1 is 1.00 bits per heavy atom. The van der Waals surface area contributed by atoms with Crippen LogP contribution in [0.5, 0.6) is 0 Å². The van der Waals surface area contributed by atoms with Crippen molar-refractivity contribution in [1.29, 1.82) is 0 Å². The van der Waals surface area contributed by atoms with Gasteiger partial charge < -0.3 is 9.47 Å². The predicted molar refractivity (Wildman–Crippen MR) is 33.0 cm³/mol. The monoisotopic (exact) mass is 154 g/mol. The Labute approximate surface area is 59.1 Å². The Kier molecular flexibility index (Phi) is 5.43. The maximum atomic E-state index is 11.9. The van der Waals surface area contributed by atoms with E-state index in [9.17, 15) is 8.78 Å². The highest BCUT2D eigenvalue weighted by Gasteiger charge is 1.98. The lowest BCUT2D eigenvalue weighted by Gasteiger charge is -2.05. The van der Waals surface area contributed by atoms with Gasteiger partial charge in [0.2, 0.25) is 0 Å². The van der Waals surface area contributed by atoms with Gasteiger partial charge in [-0.1, -0.05) is 0 Å². The number of rotatable bonds is 5. The number of hydrogen-bond acceptors (Lipinski definition) is 2. The van der Waals surface area contributed by atoms with Crippen LogP contribution in [0.15, 0.2) is 0 Å². The van der Waals surface area contributed by atoms with Gasteiger partial charge in [0.1, 0.15) is 0 Å². The van der Waals surface area contributed by atoms with E-state index >= 15 is 0 Å². The Morgan fingerprint density at radius 2 is 1.30 bits per heavy atom. The molecule has 10 heavy (non-hydrogen) atoms. The van der Waals surface area contributed by atoms with Gasteiger partial charge in [-0.3, -0.25) is 0 Å². The highest BCUT2D eigenvalue weighted by atomic mass is 19.1. The van der Waals surface area contributed by atoms with Crippen LogP contribution in [0, 0.1) is 0 Å². The molecule has 0 N–H and O–H groups in total. The average molecular weight is 154 g/mol. The maximum absolute atomic E-state index is 11.9. The third-order valence-electron chi connectivity index (χ3n) is 0.778. The van der Waals surface area contributed by atoms with Crippen LogP contribution in [0.2, 0.25) is 0 Å². The molecule has 0 bridgehead atoms. The third kappa shape index (κ3) is 7.78. The highest BCUT2D eigenvalue weighted by molar-refractivity contribution is 4.31. The van der Waals surface area contributed by atoms with Gasteiger partial charge in [0.15, 0.2) is 12.7 Å². The second kappa shape index (κ2) is 5.56. The maximum Gasteiger partial charge on any atom is 0.195 e. The smallest absolute Gasteiger partial charge is 0.195 e. The first-order chi connectivity index (χ1) is 4.63. The molecule has 0 heterocycles. The molecule has 0 rings (SSSR count). The summed E-state index contributed by atoms with van der Waals surface area (Å²) in [5.74, 6) is 0. The summed E-state index contributed by atoms with van der Waals surface area (Å²) in [7, 11) is 0. The molecule has 2 nitrogen and oxygen atoms in total. The molecule has 0 radical (unpaired) electrons. The normalized spacial score (nSPS) is 16.8. The predicted octanol–water partition coefficient (Wildman–Crippen LogP) is 1.65. The fourth-order valence-corrected chi connectivity index (χ4v) is 0.421. The van der Waals surface area contributed by atoms with Crippen molar-refractivity contribution in [2.75, 3.05) is 13.2 Å². The first-order valence-corrected chi connectivity index (χ1v) is 3.14. The van der Waals surface area contributed by atoms with Gasteiger partial charge in [0.05, 0.1) is 13.2 Å². The number of halogens is 2. The van der Waals surface area contributed by atoms with E-state index in [2.05, 4.69) is 9.47 Å². The zero-order chi connectivity index (χ0) is 7.98. The largest absolute Gasteiger partial charge is 0.346 e. The van der Waals surface area contributed by atoms with Crippen LogP contribution < -0.4 is 0 Å². The van der Waals surface area contributed by atoms with Crippen molar-refractivity contribution in [3.63, 3.8) is 0 Å². The van der Waals surface area contributed by atoms with Crippen molar-refractivity contribution >= 4 is 0 Å². The van der Waals surface area contributed by atoms with Crippen molar-refractivity contribution in [1.82, 2.24) is 0 Å². The molecular weight excluding hydrogens is 142 g/mol. The number of ether oxygens (including phenoxy) is 2. The van der Waals surface area contributed by atoms with Crippen molar-refractivity contribution in [2.45, 2.75) is 26.6 Å². The molecule has 0 aliphatic rings. The van der Waals surface area contributed by atoms with E-state index in [0.717, 1.165) is 0 Å². The van der Waals surface area contributed by atoms with E-state index < -0.39 is 12.7 Å². The summed E-state index contributed by atoms with van der Waals surface area (Å²) in [4.78, 5) is 0. The molecule has 4 heteroatoms. The molecule has 0 aliphatic heterocycles. The van der Waals surface area contributed by atoms with E-state index in [0.29, 0.717) is 0 Å². The van der Waals surface area contributed by atoms with Crippen molar-refractivity contribution in [3.8, 4) is 0 Å².